The second-order valence-corrected chi connectivity index (χ2v) is 6.93. The van der Waals surface area contributed by atoms with Crippen LogP contribution < -0.4 is 5.32 Å². The maximum atomic E-state index is 12.4. The molecule has 2 N–H and O–H groups in total. The SMILES string of the molecule is CCc1cccnc1C(=O)NC1CC(N(CC(=O)O)CC2CC2)C1. The molecule has 1 aromatic heterocycles. The third-order valence-corrected chi connectivity index (χ3v) is 4.98. The van der Waals surface area contributed by atoms with Crippen molar-refractivity contribution in [3.8, 4) is 0 Å². The molecule has 3 rings (SSSR count). The fourth-order valence-corrected chi connectivity index (χ4v) is 3.33. The Morgan fingerprint density at radius 2 is 2.12 bits per heavy atom. The quantitative estimate of drug-likeness (QED) is 0.758. The first-order valence-corrected chi connectivity index (χ1v) is 8.77. The number of carbonyl (C=O) groups is 2. The van der Waals surface area contributed by atoms with Gasteiger partial charge in [0.15, 0.2) is 0 Å². The standard InChI is InChI=1S/C18H25N3O3/c1-2-13-4-3-7-19-17(13)18(24)20-14-8-15(9-14)21(11-16(22)23)10-12-5-6-12/h3-4,7,12,14-15H,2,5-6,8-11H2,1H3,(H,20,24)(H,22,23). The van der Waals surface area contributed by atoms with E-state index >= 15 is 0 Å². The van der Waals surface area contributed by atoms with Crippen LogP contribution >= 0.6 is 0 Å². The van der Waals surface area contributed by atoms with Gasteiger partial charge in [-0.05, 0) is 49.7 Å². The predicted octanol–water partition coefficient (Wildman–Crippen LogP) is 1.70. The number of carbonyl (C=O) groups excluding carboxylic acids is 1. The van der Waals surface area contributed by atoms with E-state index in [1.54, 1.807) is 6.20 Å². The topological polar surface area (TPSA) is 82.5 Å². The molecule has 6 heteroatoms. The Kier molecular flexibility index (Phi) is 5.14. The highest BCUT2D eigenvalue weighted by Gasteiger charge is 2.38. The average molecular weight is 331 g/mol. The van der Waals surface area contributed by atoms with Gasteiger partial charge < -0.3 is 10.4 Å². The number of nitrogens with zero attached hydrogens (tertiary/aromatic N) is 2. The number of aromatic nitrogens is 1. The molecule has 0 spiro atoms. The fourth-order valence-electron chi connectivity index (χ4n) is 3.33. The molecule has 1 heterocycles. The third-order valence-electron chi connectivity index (χ3n) is 4.98. The highest BCUT2D eigenvalue weighted by Crippen LogP contribution is 2.33. The normalized spacial score (nSPS) is 22.9. The van der Waals surface area contributed by atoms with E-state index in [9.17, 15) is 9.59 Å². The number of rotatable bonds is 8. The Hall–Kier alpha value is -1.95. The number of carboxylic acids is 1. The lowest BCUT2D eigenvalue weighted by atomic mass is 9.85. The van der Waals surface area contributed by atoms with Crippen LogP contribution in [0.25, 0.3) is 0 Å². The van der Waals surface area contributed by atoms with E-state index in [0.717, 1.165) is 31.4 Å². The number of aliphatic carboxylic acids is 1. The van der Waals surface area contributed by atoms with Gasteiger partial charge in [0.1, 0.15) is 5.69 Å². The van der Waals surface area contributed by atoms with Crippen LogP contribution in [0.4, 0.5) is 0 Å². The van der Waals surface area contributed by atoms with Gasteiger partial charge in [0.2, 0.25) is 0 Å². The molecule has 0 aromatic carbocycles. The molecule has 0 radical (unpaired) electrons. The molecule has 6 nitrogen and oxygen atoms in total. The lowest BCUT2D eigenvalue weighted by molar-refractivity contribution is -0.139. The molecule has 24 heavy (non-hydrogen) atoms. The molecular formula is C18H25N3O3. The molecule has 0 saturated heterocycles. The van der Waals surface area contributed by atoms with E-state index in [1.807, 2.05) is 19.1 Å². The van der Waals surface area contributed by atoms with Crippen molar-refractivity contribution in [3.05, 3.63) is 29.6 Å². The van der Waals surface area contributed by atoms with E-state index in [4.69, 9.17) is 5.11 Å². The summed E-state index contributed by atoms with van der Waals surface area (Å²) in [6.07, 6.45) is 6.48. The number of carboxylic acid groups (broad SMARTS) is 1. The Labute approximate surface area is 142 Å². The van der Waals surface area contributed by atoms with Crippen LogP contribution in [0, 0.1) is 5.92 Å². The second-order valence-electron chi connectivity index (χ2n) is 6.93. The summed E-state index contributed by atoms with van der Waals surface area (Å²) in [7, 11) is 0. The minimum absolute atomic E-state index is 0.0993. The zero-order valence-corrected chi connectivity index (χ0v) is 14.1. The Morgan fingerprint density at radius 1 is 1.38 bits per heavy atom. The van der Waals surface area contributed by atoms with Gasteiger partial charge >= 0.3 is 5.97 Å². The van der Waals surface area contributed by atoms with Gasteiger partial charge in [-0.2, -0.15) is 0 Å². The van der Waals surface area contributed by atoms with Gasteiger partial charge in [-0.25, -0.2) is 0 Å². The van der Waals surface area contributed by atoms with E-state index in [2.05, 4.69) is 15.2 Å². The first-order chi connectivity index (χ1) is 11.6. The molecule has 0 aliphatic heterocycles. The molecule has 2 aliphatic carbocycles. The minimum atomic E-state index is -0.774. The lowest BCUT2D eigenvalue weighted by Gasteiger charge is -2.42. The molecular weight excluding hydrogens is 306 g/mol. The number of hydrogen-bond acceptors (Lipinski definition) is 4. The van der Waals surface area contributed by atoms with Crippen LogP contribution in [0.2, 0.25) is 0 Å². The molecule has 1 amide bonds. The van der Waals surface area contributed by atoms with Crippen molar-refractivity contribution in [3.63, 3.8) is 0 Å². The Balaban J connectivity index is 1.51. The highest BCUT2D eigenvalue weighted by atomic mass is 16.4. The monoisotopic (exact) mass is 331 g/mol. The summed E-state index contributed by atoms with van der Waals surface area (Å²) < 4.78 is 0. The van der Waals surface area contributed by atoms with Crippen molar-refractivity contribution in [2.24, 2.45) is 5.92 Å². The molecule has 2 saturated carbocycles. The molecule has 0 unspecified atom stereocenters. The van der Waals surface area contributed by atoms with Crippen LogP contribution in [0.3, 0.4) is 0 Å². The van der Waals surface area contributed by atoms with Gasteiger partial charge in [0.25, 0.3) is 5.91 Å². The predicted molar refractivity (Wildman–Crippen MR) is 89.8 cm³/mol. The molecule has 130 valence electrons. The Morgan fingerprint density at radius 3 is 2.75 bits per heavy atom. The van der Waals surface area contributed by atoms with Crippen LogP contribution in [-0.2, 0) is 11.2 Å². The Bertz CT molecular complexity index is 609. The zero-order valence-electron chi connectivity index (χ0n) is 14.1. The number of nitrogens with one attached hydrogen (secondary N) is 1. The van der Waals surface area contributed by atoms with Crippen molar-refractivity contribution in [1.82, 2.24) is 15.2 Å². The van der Waals surface area contributed by atoms with Crippen molar-refractivity contribution in [2.75, 3.05) is 13.1 Å². The zero-order chi connectivity index (χ0) is 17.1. The van der Waals surface area contributed by atoms with Crippen molar-refractivity contribution >= 4 is 11.9 Å². The number of hydrogen-bond donors (Lipinski definition) is 2. The largest absolute Gasteiger partial charge is 0.480 e. The van der Waals surface area contributed by atoms with E-state index in [-0.39, 0.29) is 24.5 Å². The van der Waals surface area contributed by atoms with Gasteiger partial charge in [-0.15, -0.1) is 0 Å². The molecule has 1 aromatic rings. The van der Waals surface area contributed by atoms with Gasteiger partial charge in [-0.3, -0.25) is 19.5 Å². The van der Waals surface area contributed by atoms with Crippen LogP contribution in [-0.4, -0.2) is 52.0 Å². The summed E-state index contributed by atoms with van der Waals surface area (Å²) in [5.74, 6) is -0.231. The lowest BCUT2D eigenvalue weighted by Crippen LogP contribution is -2.55. The first-order valence-electron chi connectivity index (χ1n) is 8.77. The molecule has 2 aliphatic rings. The summed E-state index contributed by atoms with van der Waals surface area (Å²) in [4.78, 5) is 29.7. The maximum Gasteiger partial charge on any atom is 0.317 e. The maximum absolute atomic E-state index is 12.4. The number of amides is 1. The average Bonchev–Trinajstić information content (AvgIpc) is 3.33. The number of pyridine rings is 1. The molecule has 2 fully saturated rings. The first kappa shape index (κ1) is 16.9. The van der Waals surface area contributed by atoms with E-state index < -0.39 is 5.97 Å². The van der Waals surface area contributed by atoms with Gasteiger partial charge in [0, 0.05) is 24.8 Å². The van der Waals surface area contributed by atoms with Gasteiger partial charge in [-0.1, -0.05) is 13.0 Å². The second kappa shape index (κ2) is 7.30. The van der Waals surface area contributed by atoms with E-state index in [0.29, 0.717) is 11.6 Å². The minimum Gasteiger partial charge on any atom is -0.480 e. The summed E-state index contributed by atoms with van der Waals surface area (Å²) in [6, 6.07) is 4.15. The third kappa shape index (κ3) is 4.12. The summed E-state index contributed by atoms with van der Waals surface area (Å²) in [6.45, 7) is 2.98. The summed E-state index contributed by atoms with van der Waals surface area (Å²) in [5, 5.41) is 12.1. The van der Waals surface area contributed by atoms with Crippen molar-refractivity contribution in [2.45, 2.75) is 51.1 Å². The molecule has 0 bridgehead atoms. The van der Waals surface area contributed by atoms with Crippen LogP contribution in [0.15, 0.2) is 18.3 Å². The van der Waals surface area contributed by atoms with E-state index in [1.165, 1.54) is 12.8 Å². The summed E-state index contributed by atoms with van der Waals surface area (Å²) in [5.41, 5.74) is 1.45. The number of aryl methyl sites for hydroxylation is 1. The highest BCUT2D eigenvalue weighted by molar-refractivity contribution is 5.93. The van der Waals surface area contributed by atoms with Crippen LogP contribution in [0.5, 0.6) is 0 Å². The van der Waals surface area contributed by atoms with Crippen molar-refractivity contribution < 1.29 is 14.7 Å². The molecule has 0 atom stereocenters. The van der Waals surface area contributed by atoms with Crippen LogP contribution in [0.1, 0.15) is 48.7 Å². The summed E-state index contributed by atoms with van der Waals surface area (Å²) >= 11 is 0. The smallest absolute Gasteiger partial charge is 0.317 e. The van der Waals surface area contributed by atoms with Crippen molar-refractivity contribution in [1.29, 1.82) is 0 Å². The van der Waals surface area contributed by atoms with Gasteiger partial charge in [0.05, 0.1) is 6.54 Å². The fraction of sp³-hybridized carbons (Fsp3) is 0.611.